The first-order chi connectivity index (χ1) is 9.51. The van der Waals surface area contributed by atoms with Gasteiger partial charge in [-0.2, -0.15) is 0 Å². The Labute approximate surface area is 116 Å². The van der Waals surface area contributed by atoms with Gasteiger partial charge in [0, 0.05) is 13.1 Å². The number of rotatable bonds is 4. The van der Waals surface area contributed by atoms with E-state index in [1.54, 1.807) is 11.8 Å². The van der Waals surface area contributed by atoms with E-state index < -0.39 is 5.97 Å². The number of amides is 2. The number of carboxylic acid groups (broad SMARTS) is 1. The molecule has 1 unspecified atom stereocenters. The maximum absolute atomic E-state index is 11.9. The Kier molecular flexibility index (Phi) is 4.29. The number of hydrogen-bond acceptors (Lipinski definition) is 4. The summed E-state index contributed by atoms with van der Waals surface area (Å²) in [6, 6.07) is 1.26. The molecule has 0 saturated carbocycles. The molecule has 0 aromatic carbocycles. The van der Waals surface area contributed by atoms with Crippen molar-refractivity contribution in [3.8, 4) is 0 Å². The third kappa shape index (κ3) is 3.11. The molecule has 0 bridgehead atoms. The number of nitrogens with two attached hydrogens (primary N) is 1. The van der Waals surface area contributed by atoms with Crippen LogP contribution in [0.1, 0.15) is 28.3 Å². The van der Waals surface area contributed by atoms with Gasteiger partial charge in [0.05, 0.1) is 6.54 Å². The number of carbonyl (C=O) groups excluding carboxylic acids is 1. The summed E-state index contributed by atoms with van der Waals surface area (Å²) < 4.78 is 5.30. The normalized spacial score (nSPS) is 18.3. The highest BCUT2D eigenvalue weighted by molar-refractivity contribution is 5.88. The zero-order valence-electron chi connectivity index (χ0n) is 11.4. The summed E-state index contributed by atoms with van der Waals surface area (Å²) in [5.41, 5.74) is 5.70. The predicted molar refractivity (Wildman–Crippen MR) is 71.4 cm³/mol. The molecular weight excluding hydrogens is 262 g/mol. The van der Waals surface area contributed by atoms with Crippen molar-refractivity contribution in [2.45, 2.75) is 19.9 Å². The number of aromatic carboxylic acids is 1. The summed E-state index contributed by atoms with van der Waals surface area (Å²) in [5, 5.41) is 11.6. The second-order valence-electron chi connectivity index (χ2n) is 4.98. The molecule has 7 nitrogen and oxygen atoms in total. The molecule has 7 heteroatoms. The molecule has 20 heavy (non-hydrogen) atoms. The molecule has 1 saturated heterocycles. The van der Waals surface area contributed by atoms with Crippen molar-refractivity contribution in [2.24, 2.45) is 11.7 Å². The van der Waals surface area contributed by atoms with E-state index in [0.717, 1.165) is 6.42 Å². The van der Waals surface area contributed by atoms with Crippen LogP contribution in [0.5, 0.6) is 0 Å². The second-order valence-corrected chi connectivity index (χ2v) is 4.98. The maximum Gasteiger partial charge on any atom is 0.339 e. The number of carbonyl (C=O) groups is 2. The van der Waals surface area contributed by atoms with E-state index in [2.05, 4.69) is 5.32 Å². The van der Waals surface area contributed by atoms with Gasteiger partial charge in [-0.15, -0.1) is 0 Å². The fraction of sp³-hybridized carbons (Fsp3) is 0.538. The van der Waals surface area contributed by atoms with Gasteiger partial charge in [0.15, 0.2) is 0 Å². The molecule has 1 aliphatic rings. The van der Waals surface area contributed by atoms with Crippen LogP contribution in [0.3, 0.4) is 0 Å². The van der Waals surface area contributed by atoms with Gasteiger partial charge in [0.2, 0.25) is 0 Å². The zero-order chi connectivity index (χ0) is 14.7. The molecule has 1 atom stereocenters. The quantitative estimate of drug-likeness (QED) is 0.755. The summed E-state index contributed by atoms with van der Waals surface area (Å²) in [5.74, 6) is 0.105. The molecule has 110 valence electrons. The van der Waals surface area contributed by atoms with Crippen LogP contribution < -0.4 is 11.1 Å². The lowest BCUT2D eigenvalue weighted by Gasteiger charge is -2.16. The summed E-state index contributed by atoms with van der Waals surface area (Å²) in [7, 11) is 0. The van der Waals surface area contributed by atoms with Crippen molar-refractivity contribution in [1.82, 2.24) is 10.2 Å². The summed E-state index contributed by atoms with van der Waals surface area (Å²) in [6.07, 6.45) is 0.924. The molecule has 0 spiro atoms. The van der Waals surface area contributed by atoms with Crippen molar-refractivity contribution < 1.29 is 19.1 Å². The highest BCUT2D eigenvalue weighted by Crippen LogP contribution is 2.16. The van der Waals surface area contributed by atoms with E-state index in [1.807, 2.05) is 0 Å². The van der Waals surface area contributed by atoms with Gasteiger partial charge < -0.3 is 25.5 Å². The highest BCUT2D eigenvalue weighted by Gasteiger charge is 2.25. The molecule has 0 radical (unpaired) electrons. The Morgan fingerprint density at radius 2 is 2.35 bits per heavy atom. The number of nitrogens with one attached hydrogen (secondary N) is 1. The number of likely N-dealkylation sites (tertiary alicyclic amines) is 1. The summed E-state index contributed by atoms with van der Waals surface area (Å²) >= 11 is 0. The van der Waals surface area contributed by atoms with Crippen LogP contribution in [0.4, 0.5) is 4.79 Å². The summed E-state index contributed by atoms with van der Waals surface area (Å²) in [6.45, 7) is 3.71. The SMILES string of the molecule is Cc1oc(CNC(=O)N2CCC(CN)C2)cc1C(=O)O. The lowest BCUT2D eigenvalue weighted by molar-refractivity contribution is 0.0695. The van der Waals surface area contributed by atoms with Crippen LogP contribution in [0.15, 0.2) is 10.5 Å². The Balaban J connectivity index is 1.87. The van der Waals surface area contributed by atoms with E-state index in [4.69, 9.17) is 15.3 Å². The van der Waals surface area contributed by atoms with Crippen LogP contribution in [0, 0.1) is 12.8 Å². The minimum absolute atomic E-state index is 0.124. The van der Waals surface area contributed by atoms with Crippen molar-refractivity contribution >= 4 is 12.0 Å². The van der Waals surface area contributed by atoms with Crippen molar-refractivity contribution in [1.29, 1.82) is 0 Å². The van der Waals surface area contributed by atoms with E-state index in [-0.39, 0.29) is 18.1 Å². The van der Waals surface area contributed by atoms with Gasteiger partial charge in [-0.05, 0) is 31.9 Å². The molecule has 1 aliphatic heterocycles. The van der Waals surface area contributed by atoms with Crippen molar-refractivity contribution in [3.05, 3.63) is 23.2 Å². The average molecular weight is 281 g/mol. The Morgan fingerprint density at radius 1 is 1.60 bits per heavy atom. The first-order valence-electron chi connectivity index (χ1n) is 6.56. The van der Waals surface area contributed by atoms with E-state index in [9.17, 15) is 9.59 Å². The lowest BCUT2D eigenvalue weighted by Crippen LogP contribution is -2.38. The highest BCUT2D eigenvalue weighted by atomic mass is 16.4. The van der Waals surface area contributed by atoms with E-state index in [1.165, 1.54) is 6.07 Å². The Bertz CT molecular complexity index is 512. The molecule has 2 heterocycles. The topological polar surface area (TPSA) is 109 Å². The number of furan rings is 1. The van der Waals surface area contributed by atoms with Crippen LogP contribution in [0.2, 0.25) is 0 Å². The molecule has 1 fully saturated rings. The Morgan fingerprint density at radius 3 is 2.90 bits per heavy atom. The Hall–Kier alpha value is -2.02. The number of nitrogens with zero attached hydrogens (tertiary/aromatic N) is 1. The smallest absolute Gasteiger partial charge is 0.339 e. The summed E-state index contributed by atoms with van der Waals surface area (Å²) in [4.78, 5) is 24.5. The molecule has 2 amide bonds. The second kappa shape index (κ2) is 5.96. The van der Waals surface area contributed by atoms with Crippen molar-refractivity contribution in [2.75, 3.05) is 19.6 Å². The van der Waals surface area contributed by atoms with Gasteiger partial charge in [-0.1, -0.05) is 0 Å². The minimum atomic E-state index is -1.03. The van der Waals surface area contributed by atoms with Gasteiger partial charge in [0.1, 0.15) is 17.1 Å². The third-order valence-electron chi connectivity index (χ3n) is 3.52. The number of hydrogen-bond donors (Lipinski definition) is 3. The molecule has 2 rings (SSSR count). The van der Waals surface area contributed by atoms with Crippen LogP contribution in [0.25, 0.3) is 0 Å². The number of urea groups is 1. The third-order valence-corrected chi connectivity index (χ3v) is 3.52. The molecule has 1 aromatic heterocycles. The fourth-order valence-corrected chi connectivity index (χ4v) is 2.33. The van der Waals surface area contributed by atoms with E-state index in [0.29, 0.717) is 37.1 Å². The van der Waals surface area contributed by atoms with Gasteiger partial charge >= 0.3 is 12.0 Å². The molecule has 4 N–H and O–H groups in total. The minimum Gasteiger partial charge on any atom is -0.478 e. The van der Waals surface area contributed by atoms with Crippen molar-refractivity contribution in [3.63, 3.8) is 0 Å². The average Bonchev–Trinajstić information content (AvgIpc) is 3.02. The first kappa shape index (κ1) is 14.4. The van der Waals surface area contributed by atoms with Crippen LogP contribution >= 0.6 is 0 Å². The predicted octanol–water partition coefficient (Wildman–Crippen LogP) is 0.776. The number of aryl methyl sites for hydroxylation is 1. The van der Waals surface area contributed by atoms with Crippen LogP contribution in [-0.4, -0.2) is 41.6 Å². The van der Waals surface area contributed by atoms with E-state index >= 15 is 0 Å². The largest absolute Gasteiger partial charge is 0.478 e. The monoisotopic (exact) mass is 281 g/mol. The molecular formula is C13H19N3O4. The van der Waals surface area contributed by atoms with Crippen LogP contribution in [-0.2, 0) is 6.54 Å². The van der Waals surface area contributed by atoms with Gasteiger partial charge in [-0.25, -0.2) is 9.59 Å². The van der Waals surface area contributed by atoms with Gasteiger partial charge in [-0.3, -0.25) is 0 Å². The number of carboxylic acids is 1. The lowest BCUT2D eigenvalue weighted by atomic mass is 10.1. The maximum atomic E-state index is 11.9. The first-order valence-corrected chi connectivity index (χ1v) is 6.56. The fourth-order valence-electron chi connectivity index (χ4n) is 2.33. The zero-order valence-corrected chi connectivity index (χ0v) is 11.4. The van der Waals surface area contributed by atoms with Gasteiger partial charge in [0.25, 0.3) is 0 Å². The molecule has 1 aromatic rings. The standard InChI is InChI=1S/C13H19N3O4/c1-8-11(12(17)18)4-10(20-8)6-15-13(19)16-3-2-9(5-14)7-16/h4,9H,2-3,5-7,14H2,1H3,(H,15,19)(H,17,18). The molecule has 0 aliphatic carbocycles.